The quantitative estimate of drug-likeness (QED) is 0.735. The highest BCUT2D eigenvalue weighted by molar-refractivity contribution is 7.09. The van der Waals surface area contributed by atoms with Crippen molar-refractivity contribution in [2.24, 2.45) is 0 Å². The molecule has 0 saturated carbocycles. The fourth-order valence-electron chi connectivity index (χ4n) is 2.13. The van der Waals surface area contributed by atoms with Crippen molar-refractivity contribution < 1.29 is 4.79 Å². The molecule has 0 spiro atoms. The zero-order valence-corrected chi connectivity index (χ0v) is 11.0. The largest absolute Gasteiger partial charge is 0.311 e. The van der Waals surface area contributed by atoms with Gasteiger partial charge in [-0.2, -0.15) is 0 Å². The first-order valence-corrected chi connectivity index (χ1v) is 6.56. The van der Waals surface area contributed by atoms with Crippen molar-refractivity contribution in [1.82, 2.24) is 4.98 Å². The van der Waals surface area contributed by atoms with Crippen LogP contribution >= 0.6 is 11.3 Å². The van der Waals surface area contributed by atoms with Gasteiger partial charge < -0.3 is 4.90 Å². The molecule has 1 aromatic carbocycles. The Bertz CT molecular complexity index is 657. The van der Waals surface area contributed by atoms with Crippen LogP contribution < -0.4 is 4.90 Å². The lowest BCUT2D eigenvalue weighted by molar-refractivity contribution is -0.112. The summed E-state index contributed by atoms with van der Waals surface area (Å²) in [5.74, 6) is 0.0295. The standard InChI is InChI=1S/C14H12N2OS/c1-9-15-10(8-18-9)7-12-11-5-3-4-6-13(11)16(2)14(12)17/h3-8H,1-2H3/b12-7-. The number of carbonyl (C=O) groups is 1. The number of hydrogen-bond donors (Lipinski definition) is 0. The summed E-state index contributed by atoms with van der Waals surface area (Å²) in [7, 11) is 1.80. The van der Waals surface area contributed by atoms with E-state index >= 15 is 0 Å². The number of aryl methyl sites for hydroxylation is 1. The summed E-state index contributed by atoms with van der Waals surface area (Å²) in [5, 5.41) is 2.98. The van der Waals surface area contributed by atoms with E-state index in [0.29, 0.717) is 0 Å². The molecule has 4 heteroatoms. The molecule has 18 heavy (non-hydrogen) atoms. The van der Waals surface area contributed by atoms with Crippen LogP contribution in [-0.4, -0.2) is 17.9 Å². The number of thiazole rings is 1. The van der Waals surface area contributed by atoms with Crippen molar-refractivity contribution in [2.75, 3.05) is 11.9 Å². The molecule has 1 aliphatic heterocycles. The second-order valence-corrected chi connectivity index (χ2v) is 5.29. The van der Waals surface area contributed by atoms with E-state index in [-0.39, 0.29) is 5.91 Å². The number of carbonyl (C=O) groups excluding carboxylic acids is 1. The Balaban J connectivity index is 2.13. The maximum atomic E-state index is 12.2. The van der Waals surface area contributed by atoms with E-state index in [1.807, 2.05) is 42.6 Å². The smallest absolute Gasteiger partial charge is 0.258 e. The van der Waals surface area contributed by atoms with Crippen molar-refractivity contribution in [2.45, 2.75) is 6.92 Å². The fourth-order valence-corrected chi connectivity index (χ4v) is 2.70. The minimum atomic E-state index is 0.0295. The summed E-state index contributed by atoms with van der Waals surface area (Å²) in [6.45, 7) is 1.96. The second kappa shape index (κ2) is 4.07. The number of amides is 1. The highest BCUT2D eigenvalue weighted by Crippen LogP contribution is 2.36. The number of anilines is 1. The molecule has 0 fully saturated rings. The number of nitrogens with zero attached hydrogens (tertiary/aromatic N) is 2. The number of fused-ring (bicyclic) bond motifs is 1. The molecule has 3 rings (SSSR count). The van der Waals surface area contributed by atoms with Crippen LogP contribution in [0.25, 0.3) is 11.6 Å². The number of benzene rings is 1. The number of para-hydroxylation sites is 1. The first-order valence-electron chi connectivity index (χ1n) is 5.68. The molecule has 0 radical (unpaired) electrons. The third-order valence-corrected chi connectivity index (χ3v) is 3.81. The first-order chi connectivity index (χ1) is 8.66. The van der Waals surface area contributed by atoms with Gasteiger partial charge >= 0.3 is 0 Å². The molecule has 0 bridgehead atoms. The summed E-state index contributed by atoms with van der Waals surface area (Å²) in [6.07, 6.45) is 1.87. The third kappa shape index (κ3) is 1.66. The van der Waals surface area contributed by atoms with Gasteiger partial charge in [0.1, 0.15) is 0 Å². The Morgan fingerprint density at radius 3 is 2.83 bits per heavy atom. The van der Waals surface area contributed by atoms with Gasteiger partial charge in [-0.05, 0) is 19.1 Å². The molecule has 90 valence electrons. The summed E-state index contributed by atoms with van der Waals surface area (Å²) in [4.78, 5) is 18.3. The van der Waals surface area contributed by atoms with E-state index in [9.17, 15) is 4.79 Å². The highest BCUT2D eigenvalue weighted by atomic mass is 32.1. The Kier molecular flexibility index (Phi) is 2.52. The van der Waals surface area contributed by atoms with E-state index in [1.165, 1.54) is 0 Å². The summed E-state index contributed by atoms with van der Waals surface area (Å²) < 4.78 is 0. The van der Waals surface area contributed by atoms with Gasteiger partial charge in [0.15, 0.2) is 0 Å². The van der Waals surface area contributed by atoms with Crippen molar-refractivity contribution >= 4 is 34.6 Å². The molecule has 1 aromatic heterocycles. The maximum Gasteiger partial charge on any atom is 0.258 e. The molecule has 0 N–H and O–H groups in total. The lowest BCUT2D eigenvalue weighted by Crippen LogP contribution is -2.20. The Hall–Kier alpha value is -1.94. The maximum absolute atomic E-state index is 12.2. The van der Waals surface area contributed by atoms with Crippen molar-refractivity contribution in [3.8, 4) is 0 Å². The van der Waals surface area contributed by atoms with E-state index < -0.39 is 0 Å². The van der Waals surface area contributed by atoms with Crippen molar-refractivity contribution in [3.05, 3.63) is 45.9 Å². The predicted octanol–water partition coefficient (Wildman–Crippen LogP) is 2.97. The van der Waals surface area contributed by atoms with Crippen LogP contribution in [0.5, 0.6) is 0 Å². The molecule has 2 heterocycles. The lowest BCUT2D eigenvalue weighted by Gasteiger charge is -2.07. The predicted molar refractivity (Wildman–Crippen MR) is 74.6 cm³/mol. The van der Waals surface area contributed by atoms with Gasteiger partial charge in [0.25, 0.3) is 5.91 Å². The highest BCUT2D eigenvalue weighted by Gasteiger charge is 2.29. The van der Waals surface area contributed by atoms with E-state index in [1.54, 1.807) is 23.3 Å². The number of likely N-dealkylation sites (N-methyl/N-ethyl adjacent to an activating group) is 1. The molecule has 3 nitrogen and oxygen atoms in total. The van der Waals surface area contributed by atoms with Gasteiger partial charge in [-0.3, -0.25) is 4.79 Å². The molecule has 2 aromatic rings. The lowest BCUT2D eigenvalue weighted by atomic mass is 10.1. The van der Waals surface area contributed by atoms with E-state index in [0.717, 1.165) is 27.5 Å². The third-order valence-electron chi connectivity index (χ3n) is 3.02. The Morgan fingerprint density at radius 1 is 1.33 bits per heavy atom. The van der Waals surface area contributed by atoms with Crippen LogP contribution in [0, 0.1) is 6.92 Å². The molecule has 0 atom stereocenters. The monoisotopic (exact) mass is 256 g/mol. The molecule has 0 unspecified atom stereocenters. The van der Waals surface area contributed by atoms with Crippen LogP contribution in [0.15, 0.2) is 29.6 Å². The van der Waals surface area contributed by atoms with E-state index in [2.05, 4.69) is 4.98 Å². The SMILES string of the molecule is Cc1nc(/C=C2\C(=O)N(C)c3ccccc32)cs1. The molecular weight excluding hydrogens is 244 g/mol. The van der Waals surface area contributed by atoms with E-state index in [4.69, 9.17) is 0 Å². The average Bonchev–Trinajstić information content (AvgIpc) is 2.88. The molecule has 0 saturated heterocycles. The minimum Gasteiger partial charge on any atom is -0.311 e. The van der Waals surface area contributed by atoms with Gasteiger partial charge in [-0.25, -0.2) is 4.98 Å². The topological polar surface area (TPSA) is 33.2 Å². The van der Waals surface area contributed by atoms with Gasteiger partial charge in [0.05, 0.1) is 22.0 Å². The van der Waals surface area contributed by atoms with Gasteiger partial charge in [0, 0.05) is 18.0 Å². The summed E-state index contributed by atoms with van der Waals surface area (Å²) >= 11 is 1.59. The van der Waals surface area contributed by atoms with Crippen LogP contribution in [-0.2, 0) is 4.79 Å². The summed E-state index contributed by atoms with van der Waals surface area (Å²) in [6, 6.07) is 7.83. The van der Waals surface area contributed by atoms with Crippen molar-refractivity contribution in [3.63, 3.8) is 0 Å². The van der Waals surface area contributed by atoms with Crippen LogP contribution in [0.4, 0.5) is 5.69 Å². The van der Waals surface area contributed by atoms with Gasteiger partial charge in [-0.1, -0.05) is 18.2 Å². The second-order valence-electron chi connectivity index (χ2n) is 4.23. The minimum absolute atomic E-state index is 0.0295. The molecule has 1 aliphatic rings. The van der Waals surface area contributed by atoms with Crippen molar-refractivity contribution in [1.29, 1.82) is 0 Å². The average molecular weight is 256 g/mol. The normalized spacial score (nSPS) is 16.4. The number of rotatable bonds is 1. The van der Waals surface area contributed by atoms with Gasteiger partial charge in [-0.15, -0.1) is 11.3 Å². The number of aromatic nitrogens is 1. The Morgan fingerprint density at radius 2 is 2.11 bits per heavy atom. The van der Waals surface area contributed by atoms with Crippen LogP contribution in [0.2, 0.25) is 0 Å². The van der Waals surface area contributed by atoms with Gasteiger partial charge in [0.2, 0.25) is 0 Å². The van der Waals surface area contributed by atoms with Crippen LogP contribution in [0.1, 0.15) is 16.3 Å². The van der Waals surface area contributed by atoms with Crippen LogP contribution in [0.3, 0.4) is 0 Å². The zero-order valence-electron chi connectivity index (χ0n) is 10.2. The summed E-state index contributed by atoms with van der Waals surface area (Å²) in [5.41, 5.74) is 3.51. The zero-order chi connectivity index (χ0) is 12.7. The molecular formula is C14H12N2OS. The number of hydrogen-bond acceptors (Lipinski definition) is 3. The first kappa shape index (κ1) is 11.2. The molecule has 0 aliphatic carbocycles. The Labute approximate surface area is 109 Å². The molecule has 1 amide bonds. The fraction of sp³-hybridized carbons (Fsp3) is 0.143.